The van der Waals surface area contributed by atoms with Crippen molar-refractivity contribution in [1.29, 1.82) is 0 Å². The Bertz CT molecular complexity index is 1140. The highest BCUT2D eigenvalue weighted by Crippen LogP contribution is 2.50. The van der Waals surface area contributed by atoms with E-state index in [9.17, 15) is 19.5 Å². The molecule has 5 unspecified atom stereocenters. The number of thioether (sulfide) groups is 1. The van der Waals surface area contributed by atoms with Gasteiger partial charge in [0.05, 0.1) is 5.88 Å². The van der Waals surface area contributed by atoms with Crippen LogP contribution in [-0.2, 0) is 14.3 Å². The van der Waals surface area contributed by atoms with Crippen molar-refractivity contribution in [3.8, 4) is 11.1 Å². The van der Waals surface area contributed by atoms with Gasteiger partial charge in [-0.25, -0.2) is 9.59 Å². The Morgan fingerprint density at radius 3 is 2.37 bits per heavy atom. The average Bonchev–Trinajstić information content (AvgIpc) is 3.56. The molecule has 3 aliphatic carbocycles. The Hall–Kier alpha value is -3.00. The Morgan fingerprint density at radius 2 is 1.69 bits per heavy atom. The van der Waals surface area contributed by atoms with Gasteiger partial charge in [-0.15, -0.1) is 11.8 Å². The molecule has 1 saturated heterocycles. The van der Waals surface area contributed by atoms with Crippen LogP contribution in [-0.4, -0.2) is 58.3 Å². The van der Waals surface area contributed by atoms with Crippen LogP contribution >= 0.6 is 11.8 Å². The summed E-state index contributed by atoms with van der Waals surface area (Å²) in [5.41, 5.74) is 4.76. The first-order valence-electron chi connectivity index (χ1n) is 12.2. The first-order valence-corrected chi connectivity index (χ1v) is 13.4. The van der Waals surface area contributed by atoms with Gasteiger partial charge >= 0.3 is 12.1 Å². The van der Waals surface area contributed by atoms with E-state index in [4.69, 9.17) is 4.74 Å². The van der Waals surface area contributed by atoms with E-state index in [-0.39, 0.29) is 36.3 Å². The fraction of sp³-hybridized carbons (Fsp3) is 0.444. The van der Waals surface area contributed by atoms with Gasteiger partial charge in [-0.2, -0.15) is 0 Å². The number of carbonyl (C=O) groups excluding carboxylic acids is 2. The van der Waals surface area contributed by atoms with Gasteiger partial charge in [0.25, 0.3) is 0 Å². The van der Waals surface area contributed by atoms with Crippen LogP contribution < -0.4 is 5.32 Å². The molecule has 1 heterocycles. The second-order valence-corrected chi connectivity index (χ2v) is 11.1. The Morgan fingerprint density at radius 1 is 1.00 bits per heavy atom. The van der Waals surface area contributed by atoms with Gasteiger partial charge in [0.1, 0.15) is 12.6 Å². The lowest BCUT2D eigenvalue weighted by Crippen LogP contribution is -2.50. The van der Waals surface area contributed by atoms with Crippen LogP contribution in [0.1, 0.15) is 36.3 Å². The van der Waals surface area contributed by atoms with Crippen molar-refractivity contribution in [2.75, 3.05) is 18.2 Å². The lowest BCUT2D eigenvalue weighted by atomic mass is 9.71. The molecule has 5 atom stereocenters. The van der Waals surface area contributed by atoms with Gasteiger partial charge in [-0.1, -0.05) is 48.5 Å². The van der Waals surface area contributed by atoms with Crippen LogP contribution in [0.5, 0.6) is 0 Å². The molecule has 2 saturated carbocycles. The monoisotopic (exact) mass is 492 g/mol. The Kier molecular flexibility index (Phi) is 5.71. The molecule has 8 heteroatoms. The predicted molar refractivity (Wildman–Crippen MR) is 132 cm³/mol. The number of alkyl carbamates (subject to hydrolysis) is 1. The number of benzene rings is 2. The molecule has 4 aliphatic rings. The number of carboxylic acid groups (broad SMARTS) is 1. The normalized spacial score (nSPS) is 28.6. The molecule has 0 bridgehead atoms. The van der Waals surface area contributed by atoms with Crippen molar-refractivity contribution in [2.24, 2.45) is 17.8 Å². The predicted octanol–water partition coefficient (Wildman–Crippen LogP) is 3.93. The molecule has 2 aromatic rings. The highest BCUT2D eigenvalue weighted by Gasteiger charge is 2.51. The molecule has 7 nitrogen and oxygen atoms in total. The number of carboxylic acids is 1. The van der Waals surface area contributed by atoms with Crippen molar-refractivity contribution in [3.05, 3.63) is 59.7 Å². The Balaban J connectivity index is 1.04. The van der Waals surface area contributed by atoms with E-state index < -0.39 is 18.1 Å². The summed E-state index contributed by atoms with van der Waals surface area (Å²) in [6.45, 7) is 0.283. The SMILES string of the molecule is O=C(NC1CC2CC(C(=O)N3CSCC3C(=O)O)CC21)OCC1c2ccccc2-c2ccccc21. The van der Waals surface area contributed by atoms with E-state index in [2.05, 4.69) is 29.6 Å². The summed E-state index contributed by atoms with van der Waals surface area (Å²) < 4.78 is 5.70. The minimum atomic E-state index is -0.931. The van der Waals surface area contributed by atoms with Gasteiger partial charge in [0.2, 0.25) is 5.91 Å². The third-order valence-corrected chi connectivity index (χ3v) is 9.28. The van der Waals surface area contributed by atoms with Gasteiger partial charge < -0.3 is 20.1 Å². The standard InChI is InChI=1S/C27H28N2O5S/c30-25(29-14-35-13-24(29)26(31)32)16-9-15-11-23(21(15)10-16)28-27(33)34-12-22-19-7-3-1-5-17(19)18-6-2-4-8-20(18)22/h1-8,15-16,21-24H,9-14H2,(H,28,33)(H,31,32). The first-order chi connectivity index (χ1) is 17.0. The Labute approximate surface area is 208 Å². The molecule has 182 valence electrons. The van der Waals surface area contributed by atoms with Gasteiger partial charge in [0, 0.05) is 23.6 Å². The molecule has 2 amide bonds. The summed E-state index contributed by atoms with van der Waals surface area (Å²) in [6, 6.07) is 15.8. The van der Waals surface area contributed by atoms with E-state index in [1.807, 2.05) is 24.3 Å². The third kappa shape index (κ3) is 3.88. The number of amides is 2. The second kappa shape index (κ2) is 8.90. The molecule has 0 aromatic heterocycles. The maximum Gasteiger partial charge on any atom is 0.407 e. The first kappa shape index (κ1) is 22.5. The molecule has 0 spiro atoms. The zero-order chi connectivity index (χ0) is 24.1. The molecule has 3 fully saturated rings. The number of aliphatic carboxylic acids is 1. The van der Waals surface area contributed by atoms with Gasteiger partial charge in [-0.05, 0) is 53.4 Å². The molecule has 2 N–H and O–H groups in total. The molecule has 2 aromatic carbocycles. The van der Waals surface area contributed by atoms with Crippen LogP contribution in [0, 0.1) is 17.8 Å². The number of fused-ring (bicyclic) bond motifs is 4. The topological polar surface area (TPSA) is 95.9 Å². The van der Waals surface area contributed by atoms with Crippen LogP contribution in [0.25, 0.3) is 11.1 Å². The summed E-state index contributed by atoms with van der Waals surface area (Å²) in [5, 5.41) is 12.4. The quantitative estimate of drug-likeness (QED) is 0.657. The highest BCUT2D eigenvalue weighted by atomic mass is 32.2. The minimum Gasteiger partial charge on any atom is -0.480 e. The molecule has 6 rings (SSSR count). The second-order valence-electron chi connectivity index (χ2n) is 10.1. The van der Waals surface area contributed by atoms with Crippen molar-refractivity contribution < 1.29 is 24.2 Å². The molecule has 0 radical (unpaired) electrons. The number of nitrogens with zero attached hydrogens (tertiary/aromatic N) is 1. The van der Waals surface area contributed by atoms with E-state index in [0.717, 1.165) is 12.8 Å². The fourth-order valence-electron chi connectivity index (χ4n) is 6.48. The zero-order valence-electron chi connectivity index (χ0n) is 19.3. The van der Waals surface area contributed by atoms with Crippen molar-refractivity contribution in [2.45, 2.75) is 37.3 Å². The smallest absolute Gasteiger partial charge is 0.407 e. The number of rotatable bonds is 5. The van der Waals surface area contributed by atoms with Crippen molar-refractivity contribution >= 4 is 29.7 Å². The van der Waals surface area contributed by atoms with E-state index in [0.29, 0.717) is 24.0 Å². The molecule has 35 heavy (non-hydrogen) atoms. The molecular weight excluding hydrogens is 464 g/mol. The number of ether oxygens (including phenoxy) is 1. The minimum absolute atomic E-state index is 0.0108. The number of carbonyl (C=O) groups is 3. The number of hydrogen-bond donors (Lipinski definition) is 2. The summed E-state index contributed by atoms with van der Waals surface area (Å²) in [4.78, 5) is 38.7. The van der Waals surface area contributed by atoms with Crippen molar-refractivity contribution in [1.82, 2.24) is 10.2 Å². The average molecular weight is 493 g/mol. The number of nitrogens with one attached hydrogen (secondary N) is 1. The summed E-state index contributed by atoms with van der Waals surface area (Å²) in [5.74, 6) is 0.451. The zero-order valence-corrected chi connectivity index (χ0v) is 20.1. The third-order valence-electron chi connectivity index (χ3n) is 8.27. The summed E-state index contributed by atoms with van der Waals surface area (Å²) in [6.07, 6.45) is 1.91. The molecular formula is C27H28N2O5S. The van der Waals surface area contributed by atoms with Gasteiger partial charge in [0.15, 0.2) is 0 Å². The van der Waals surface area contributed by atoms with Crippen LogP contribution in [0.4, 0.5) is 4.79 Å². The van der Waals surface area contributed by atoms with E-state index >= 15 is 0 Å². The van der Waals surface area contributed by atoms with Crippen LogP contribution in [0.2, 0.25) is 0 Å². The number of hydrogen-bond acceptors (Lipinski definition) is 5. The van der Waals surface area contributed by atoms with Gasteiger partial charge in [-0.3, -0.25) is 4.79 Å². The van der Waals surface area contributed by atoms with E-state index in [1.165, 1.54) is 38.9 Å². The lowest BCUT2D eigenvalue weighted by Gasteiger charge is -2.40. The molecule has 1 aliphatic heterocycles. The fourth-order valence-corrected chi connectivity index (χ4v) is 7.64. The lowest BCUT2D eigenvalue weighted by molar-refractivity contribution is -0.149. The largest absolute Gasteiger partial charge is 0.480 e. The maximum absolute atomic E-state index is 13.0. The van der Waals surface area contributed by atoms with Crippen molar-refractivity contribution in [3.63, 3.8) is 0 Å². The van der Waals surface area contributed by atoms with Crippen LogP contribution in [0.3, 0.4) is 0 Å². The summed E-state index contributed by atoms with van der Waals surface area (Å²) >= 11 is 1.49. The van der Waals surface area contributed by atoms with Crippen LogP contribution in [0.15, 0.2) is 48.5 Å². The highest BCUT2D eigenvalue weighted by molar-refractivity contribution is 7.99. The van der Waals surface area contributed by atoms with E-state index in [1.54, 1.807) is 0 Å². The maximum atomic E-state index is 13.0. The summed E-state index contributed by atoms with van der Waals surface area (Å²) in [7, 11) is 0.